The van der Waals surface area contributed by atoms with Crippen molar-refractivity contribution in [1.82, 2.24) is 19.8 Å². The van der Waals surface area contributed by atoms with Crippen LogP contribution < -0.4 is 9.47 Å². The molecule has 9 aromatic carbocycles. The maximum atomic E-state index is 13.5. The van der Waals surface area contributed by atoms with Crippen molar-refractivity contribution in [3.8, 4) is 45.5 Å². The van der Waals surface area contributed by atoms with Gasteiger partial charge < -0.3 is 49.3 Å². The topological polar surface area (TPSA) is 161 Å². The molecular formula is C79H82N4O8. The van der Waals surface area contributed by atoms with Crippen molar-refractivity contribution in [2.24, 2.45) is 0 Å². The molecule has 0 spiro atoms. The Morgan fingerprint density at radius 3 is 1.19 bits per heavy atom. The van der Waals surface area contributed by atoms with Crippen molar-refractivity contribution in [1.29, 1.82) is 0 Å². The second kappa shape index (κ2) is 31.3. The van der Waals surface area contributed by atoms with E-state index in [1.54, 1.807) is 18.2 Å². The van der Waals surface area contributed by atoms with Gasteiger partial charge in [0, 0.05) is 59.4 Å². The summed E-state index contributed by atoms with van der Waals surface area (Å²) >= 11 is 0. The molecule has 11 aromatic rings. The Labute approximate surface area is 534 Å². The summed E-state index contributed by atoms with van der Waals surface area (Å²) in [6.07, 6.45) is 5.14. The minimum absolute atomic E-state index is 0.195. The number of phenols is 2. The van der Waals surface area contributed by atoms with Crippen molar-refractivity contribution in [2.75, 3.05) is 26.2 Å². The first-order valence-electron chi connectivity index (χ1n) is 31.6. The van der Waals surface area contributed by atoms with Gasteiger partial charge in [0.05, 0.1) is 0 Å². The van der Waals surface area contributed by atoms with Crippen molar-refractivity contribution in [2.45, 2.75) is 98.9 Å². The molecule has 12 nitrogen and oxygen atoms in total. The largest absolute Gasteiger partial charge is 0.508 e. The van der Waals surface area contributed by atoms with Gasteiger partial charge >= 0.3 is 12.2 Å². The van der Waals surface area contributed by atoms with Crippen LogP contribution in [0.2, 0.25) is 0 Å². The molecule has 0 radical (unpaired) electrons. The van der Waals surface area contributed by atoms with Crippen LogP contribution in [0.3, 0.4) is 0 Å². The molecule has 5 N–H and O–H groups in total. The lowest BCUT2D eigenvalue weighted by molar-refractivity contribution is 0.0959. The highest BCUT2D eigenvalue weighted by Gasteiger charge is 2.22. The highest BCUT2D eigenvalue weighted by molar-refractivity contribution is 5.93. The van der Waals surface area contributed by atoms with Gasteiger partial charge in [0.25, 0.3) is 0 Å². The van der Waals surface area contributed by atoms with E-state index >= 15 is 0 Å². The number of aromatic nitrogens is 2. The van der Waals surface area contributed by atoms with Gasteiger partial charge in [-0.05, 0) is 214 Å². The Bertz CT molecular complexity index is 4100. The van der Waals surface area contributed by atoms with E-state index in [0.717, 1.165) is 122 Å². The van der Waals surface area contributed by atoms with Gasteiger partial charge in [-0.25, -0.2) is 9.59 Å². The van der Waals surface area contributed by atoms with Crippen molar-refractivity contribution < 1.29 is 39.1 Å². The van der Waals surface area contributed by atoms with E-state index in [2.05, 4.69) is 110 Å². The molecule has 2 amide bonds. The fraction of sp³-hybridized carbons (Fsp3) is 0.241. The number of nitrogens with zero attached hydrogens (tertiary/aromatic N) is 2. The third-order valence-electron chi connectivity index (χ3n) is 16.4. The third kappa shape index (κ3) is 18.2. The Morgan fingerprint density at radius 1 is 0.396 bits per heavy atom. The third-order valence-corrected chi connectivity index (χ3v) is 16.4. The monoisotopic (exact) mass is 1210 g/mol. The molecule has 0 unspecified atom stereocenters. The number of aromatic amines is 2. The van der Waals surface area contributed by atoms with Crippen LogP contribution in [0.1, 0.15) is 86.9 Å². The zero-order valence-corrected chi connectivity index (χ0v) is 52.6. The maximum Gasteiger partial charge on any atom is 0.410 e. The van der Waals surface area contributed by atoms with Gasteiger partial charge in [-0.1, -0.05) is 150 Å². The molecule has 0 aliphatic heterocycles. The zero-order chi connectivity index (χ0) is 63.5. The Kier molecular flexibility index (Phi) is 22.0. The van der Waals surface area contributed by atoms with E-state index in [1.165, 1.54) is 38.3 Å². The number of phenolic OH excluding ortho intramolecular Hbond substituents is 2. The molecule has 0 atom stereocenters. The molecular weight excluding hydrogens is 1130 g/mol. The van der Waals surface area contributed by atoms with Crippen LogP contribution in [-0.4, -0.2) is 73.5 Å². The average Bonchev–Trinajstić information content (AvgIpc) is 1.68. The predicted octanol–water partition coefficient (Wildman–Crippen LogP) is 18.2. The number of H-pyrrole nitrogens is 2. The molecule has 2 heterocycles. The average molecular weight is 1220 g/mol. The van der Waals surface area contributed by atoms with Crippen molar-refractivity contribution in [3.63, 3.8) is 0 Å². The summed E-state index contributed by atoms with van der Waals surface area (Å²) in [5, 5.41) is 32.4. The molecule has 91 heavy (non-hydrogen) atoms. The van der Waals surface area contributed by atoms with Crippen LogP contribution in [0.15, 0.2) is 212 Å². The number of ether oxygens (including phenoxy) is 3. The molecule has 11 rings (SSSR count). The van der Waals surface area contributed by atoms with Gasteiger partial charge in [-0.3, -0.25) is 0 Å². The summed E-state index contributed by atoms with van der Waals surface area (Å²) in [5.41, 5.74) is 18.5. The van der Waals surface area contributed by atoms with E-state index in [1.807, 2.05) is 126 Å². The van der Waals surface area contributed by atoms with E-state index in [0.29, 0.717) is 52.2 Å². The molecule has 466 valence electrons. The number of fused-ring (bicyclic) bond motifs is 2. The number of carbonyl (C=O) groups excluding carboxylic acids is 1. The molecule has 0 saturated carbocycles. The van der Waals surface area contributed by atoms with Gasteiger partial charge in [0.15, 0.2) is 0 Å². The summed E-state index contributed by atoms with van der Waals surface area (Å²) in [4.78, 5) is 36.2. The summed E-state index contributed by atoms with van der Waals surface area (Å²) in [6.45, 7) is 11.6. The van der Waals surface area contributed by atoms with Crippen LogP contribution in [0.25, 0.3) is 44.3 Å². The first-order valence-corrected chi connectivity index (χ1v) is 31.6. The van der Waals surface area contributed by atoms with Gasteiger partial charge in [0.1, 0.15) is 42.8 Å². The summed E-state index contributed by atoms with van der Waals surface area (Å²) in [6, 6.07) is 70.1. The fourth-order valence-corrected chi connectivity index (χ4v) is 11.9. The van der Waals surface area contributed by atoms with E-state index < -0.39 is 6.09 Å². The Hall–Kier alpha value is -10.2. The highest BCUT2D eigenvalue weighted by Crippen LogP contribution is 2.36. The number of benzene rings is 9. The van der Waals surface area contributed by atoms with Gasteiger partial charge in [0.2, 0.25) is 0 Å². The van der Waals surface area contributed by atoms with E-state index in [-0.39, 0.29) is 24.2 Å². The second-order valence-corrected chi connectivity index (χ2v) is 23.7. The van der Waals surface area contributed by atoms with Crippen LogP contribution in [0, 0.1) is 27.7 Å². The lowest BCUT2D eigenvalue weighted by Crippen LogP contribution is -2.34. The SMILES string of the molecule is Cc1cc(C)cc(-c2[nH]c3ccc(O)cc3c2CCN(CCCCc2ccc(OCc3ccccc3)cc2)C(=O)O)c1.Cc1cc(C)cc(-c2[nH]c3ccc(O)cc3c2CCN(CCCCc2ccc(OCc3ccccc3)cc2)C(=O)OCc2ccccc2)c1. The number of amides is 2. The van der Waals surface area contributed by atoms with E-state index in [4.69, 9.17) is 14.2 Å². The smallest absolute Gasteiger partial charge is 0.410 e. The van der Waals surface area contributed by atoms with Crippen molar-refractivity contribution >= 4 is 34.0 Å². The number of hydrogen-bond donors (Lipinski definition) is 5. The molecule has 0 fully saturated rings. The van der Waals surface area contributed by atoms with Crippen LogP contribution in [-0.2, 0) is 50.2 Å². The first-order chi connectivity index (χ1) is 44.3. The quantitative estimate of drug-likeness (QED) is 0.0335. The summed E-state index contributed by atoms with van der Waals surface area (Å²) in [7, 11) is 0. The number of aromatic hydroxyl groups is 2. The molecule has 0 bridgehead atoms. The number of carboxylic acid groups (broad SMARTS) is 1. The lowest BCUT2D eigenvalue weighted by atomic mass is 9.99. The summed E-state index contributed by atoms with van der Waals surface area (Å²) < 4.78 is 17.7. The van der Waals surface area contributed by atoms with Crippen LogP contribution >= 0.6 is 0 Å². The van der Waals surface area contributed by atoms with Gasteiger partial charge in [-0.15, -0.1) is 0 Å². The minimum atomic E-state index is -0.912. The number of rotatable bonds is 26. The molecule has 0 aliphatic carbocycles. The maximum absolute atomic E-state index is 13.5. The van der Waals surface area contributed by atoms with Crippen LogP contribution in [0.4, 0.5) is 9.59 Å². The van der Waals surface area contributed by atoms with Crippen LogP contribution in [0.5, 0.6) is 23.0 Å². The normalized spacial score (nSPS) is 11.1. The molecule has 0 aliphatic rings. The molecule has 12 heteroatoms. The Balaban J connectivity index is 0.000000202. The number of carbonyl (C=O) groups is 2. The number of hydrogen-bond acceptors (Lipinski definition) is 7. The minimum Gasteiger partial charge on any atom is -0.508 e. The molecule has 2 aromatic heterocycles. The highest BCUT2D eigenvalue weighted by atomic mass is 16.6. The number of aryl methyl sites for hydroxylation is 6. The van der Waals surface area contributed by atoms with Crippen molar-refractivity contribution in [3.05, 3.63) is 274 Å². The standard InChI is InChI=1S/C43H44N2O4.C36H38N2O4/c1-31-25-32(2)27-36(26-31)42-39(40-28-37(46)18-21-41(40)44-42)22-24-45(43(47)49-30-35-14-7-4-8-15-35)23-10-9-11-33-16-19-38(20-17-33)48-29-34-12-5-3-6-13-34;1-25-20-26(2)22-29(21-25)35-32(33-23-30(39)13-16-34(33)37-35)17-19-38(36(40)41)18-7-6-8-27-11-14-31(15-12-27)42-24-28-9-4-3-5-10-28/h3-8,12-21,25-28,44,46H,9-11,22-24,29-30H2,1-2H3;3-5,9-16,20-23,37,39H,6-8,17-19,24H2,1-2H3,(H,40,41). The Morgan fingerprint density at radius 2 is 0.780 bits per heavy atom. The predicted molar refractivity (Wildman–Crippen MR) is 365 cm³/mol. The molecule has 0 saturated heterocycles. The first kappa shape index (κ1) is 63.8. The second-order valence-electron chi connectivity index (χ2n) is 23.7. The lowest BCUT2D eigenvalue weighted by Gasteiger charge is -2.23. The van der Waals surface area contributed by atoms with Gasteiger partial charge in [-0.2, -0.15) is 0 Å². The number of nitrogens with one attached hydrogen (secondary N) is 2. The fourth-order valence-electron chi connectivity index (χ4n) is 11.9. The van der Waals surface area contributed by atoms with E-state index in [9.17, 15) is 24.9 Å². The summed E-state index contributed by atoms with van der Waals surface area (Å²) in [5.74, 6) is 2.10. The zero-order valence-electron chi connectivity index (χ0n) is 52.6. The number of unbranched alkanes of at least 4 members (excludes halogenated alkanes) is 2.